The largest absolute Gasteiger partial charge is 0.309 e. The molecule has 0 unspecified atom stereocenters. The standard InChI is InChI=1S/C52H38N2/c1-35-34-52(54-50-21-11-6-16-44(50)45-17-7-12-22-51(45)54)36(2)33-46(35)40-31-27-38(28-32-40)24-23-37-25-29-39(30-26-37)41-13-3-8-18-47(41)53-48-19-9-4-14-42(48)43-15-5-10-20-49(43)53/h3-34H,1-2H3/b24-23+. The molecule has 0 fully saturated rings. The van der Waals surface area contributed by atoms with Crippen LogP contribution < -0.4 is 0 Å². The molecule has 10 aromatic rings. The van der Waals surface area contributed by atoms with Gasteiger partial charge >= 0.3 is 0 Å². The molecule has 0 spiro atoms. The quantitative estimate of drug-likeness (QED) is 0.154. The van der Waals surface area contributed by atoms with Crippen molar-refractivity contribution in [3.05, 3.63) is 204 Å². The lowest BCUT2D eigenvalue weighted by Crippen LogP contribution is -1.99. The zero-order valence-electron chi connectivity index (χ0n) is 30.4. The van der Waals surface area contributed by atoms with Gasteiger partial charge in [-0.15, -0.1) is 0 Å². The Morgan fingerprint density at radius 1 is 0.333 bits per heavy atom. The van der Waals surface area contributed by atoms with E-state index in [-0.39, 0.29) is 0 Å². The zero-order chi connectivity index (χ0) is 36.2. The van der Waals surface area contributed by atoms with Crippen LogP contribution in [0.5, 0.6) is 0 Å². The molecule has 256 valence electrons. The second-order valence-electron chi connectivity index (χ2n) is 14.3. The number of hydrogen-bond acceptors (Lipinski definition) is 0. The molecule has 10 rings (SSSR count). The van der Waals surface area contributed by atoms with Crippen molar-refractivity contribution in [2.45, 2.75) is 13.8 Å². The Bertz CT molecular complexity index is 2940. The molecule has 0 aliphatic carbocycles. The fourth-order valence-electron chi connectivity index (χ4n) is 8.37. The summed E-state index contributed by atoms with van der Waals surface area (Å²) in [5.74, 6) is 0. The Morgan fingerprint density at radius 2 is 0.722 bits per heavy atom. The lowest BCUT2D eigenvalue weighted by atomic mass is 9.96. The molecule has 0 radical (unpaired) electrons. The number of benzene rings is 8. The third kappa shape index (κ3) is 5.26. The van der Waals surface area contributed by atoms with Crippen LogP contribution in [0.15, 0.2) is 182 Å². The molecule has 2 aromatic heterocycles. The average molecular weight is 691 g/mol. The van der Waals surface area contributed by atoms with E-state index in [9.17, 15) is 0 Å². The summed E-state index contributed by atoms with van der Waals surface area (Å²) in [5, 5.41) is 5.12. The summed E-state index contributed by atoms with van der Waals surface area (Å²) in [4.78, 5) is 0. The van der Waals surface area contributed by atoms with Crippen molar-refractivity contribution >= 4 is 55.8 Å². The van der Waals surface area contributed by atoms with Crippen LogP contribution in [-0.2, 0) is 0 Å². The van der Waals surface area contributed by atoms with E-state index in [2.05, 4.69) is 217 Å². The topological polar surface area (TPSA) is 9.86 Å². The third-order valence-corrected chi connectivity index (χ3v) is 11.0. The van der Waals surface area contributed by atoms with Crippen LogP contribution in [0.25, 0.3) is 89.4 Å². The number of para-hydroxylation sites is 5. The first-order chi connectivity index (χ1) is 26.6. The summed E-state index contributed by atoms with van der Waals surface area (Å²) in [6, 6.07) is 66.1. The zero-order valence-corrected chi connectivity index (χ0v) is 30.4. The van der Waals surface area contributed by atoms with Crippen LogP contribution in [0, 0.1) is 13.8 Å². The highest BCUT2D eigenvalue weighted by Crippen LogP contribution is 2.37. The number of nitrogens with zero attached hydrogens (tertiary/aromatic N) is 2. The molecular weight excluding hydrogens is 653 g/mol. The van der Waals surface area contributed by atoms with Crippen molar-refractivity contribution < 1.29 is 0 Å². The maximum Gasteiger partial charge on any atom is 0.0541 e. The van der Waals surface area contributed by atoms with Crippen LogP contribution in [0.1, 0.15) is 22.3 Å². The summed E-state index contributed by atoms with van der Waals surface area (Å²) in [6.45, 7) is 4.46. The molecule has 54 heavy (non-hydrogen) atoms. The first-order valence-corrected chi connectivity index (χ1v) is 18.7. The van der Waals surface area contributed by atoms with E-state index in [1.165, 1.54) is 99.5 Å². The van der Waals surface area contributed by atoms with Crippen LogP contribution in [0.4, 0.5) is 0 Å². The normalized spacial score (nSPS) is 11.8. The molecule has 0 aliphatic heterocycles. The molecule has 2 heterocycles. The van der Waals surface area contributed by atoms with Gasteiger partial charge in [-0.1, -0.05) is 152 Å². The van der Waals surface area contributed by atoms with Crippen molar-refractivity contribution in [3.8, 4) is 33.6 Å². The fraction of sp³-hybridized carbons (Fsp3) is 0.0385. The lowest BCUT2D eigenvalue weighted by molar-refractivity contribution is 1.14. The minimum atomic E-state index is 1.17. The van der Waals surface area contributed by atoms with Gasteiger partial charge in [0.2, 0.25) is 0 Å². The van der Waals surface area contributed by atoms with Crippen molar-refractivity contribution in [2.75, 3.05) is 0 Å². The summed E-state index contributed by atoms with van der Waals surface area (Å²) < 4.78 is 4.82. The summed E-state index contributed by atoms with van der Waals surface area (Å²) in [6.07, 6.45) is 4.40. The van der Waals surface area contributed by atoms with Crippen molar-refractivity contribution in [3.63, 3.8) is 0 Å². The van der Waals surface area contributed by atoms with Gasteiger partial charge in [0.1, 0.15) is 0 Å². The van der Waals surface area contributed by atoms with Gasteiger partial charge < -0.3 is 9.13 Å². The van der Waals surface area contributed by atoms with E-state index in [4.69, 9.17) is 0 Å². The predicted octanol–water partition coefficient (Wildman–Crippen LogP) is 14.0. The molecule has 0 bridgehead atoms. The second kappa shape index (κ2) is 12.9. The Labute approximate surface area is 315 Å². The van der Waals surface area contributed by atoms with Gasteiger partial charge in [0.25, 0.3) is 0 Å². The number of hydrogen-bond donors (Lipinski definition) is 0. The number of aryl methyl sites for hydroxylation is 2. The van der Waals surface area contributed by atoms with Crippen molar-refractivity contribution in [1.29, 1.82) is 0 Å². The van der Waals surface area contributed by atoms with E-state index in [1.54, 1.807) is 0 Å². The minimum Gasteiger partial charge on any atom is -0.309 e. The summed E-state index contributed by atoms with van der Waals surface area (Å²) in [5.41, 5.74) is 17.1. The highest BCUT2D eigenvalue weighted by molar-refractivity contribution is 6.10. The minimum absolute atomic E-state index is 1.17. The van der Waals surface area contributed by atoms with Crippen LogP contribution >= 0.6 is 0 Å². The highest BCUT2D eigenvalue weighted by atomic mass is 15.0. The molecule has 2 heteroatoms. The summed E-state index contributed by atoms with van der Waals surface area (Å²) >= 11 is 0. The molecule has 0 atom stereocenters. The maximum absolute atomic E-state index is 2.42. The van der Waals surface area contributed by atoms with E-state index in [0.717, 1.165) is 0 Å². The molecule has 8 aromatic carbocycles. The van der Waals surface area contributed by atoms with Crippen LogP contribution in [-0.4, -0.2) is 9.13 Å². The van der Waals surface area contributed by atoms with E-state index in [0.29, 0.717) is 0 Å². The number of aromatic nitrogens is 2. The first kappa shape index (κ1) is 31.8. The first-order valence-electron chi connectivity index (χ1n) is 18.7. The molecule has 0 aliphatic rings. The van der Waals surface area contributed by atoms with Crippen molar-refractivity contribution in [1.82, 2.24) is 9.13 Å². The number of rotatable bonds is 6. The predicted molar refractivity (Wildman–Crippen MR) is 231 cm³/mol. The SMILES string of the molecule is Cc1cc(-n2c3ccccc3c3ccccc32)c(C)cc1-c1ccc(/C=C/c2ccc(-c3ccccc3-n3c4ccccc4c4ccccc43)cc2)cc1. The fourth-order valence-corrected chi connectivity index (χ4v) is 8.37. The Balaban J connectivity index is 0.916. The number of fused-ring (bicyclic) bond motifs is 6. The van der Waals surface area contributed by atoms with Gasteiger partial charge in [0.15, 0.2) is 0 Å². The second-order valence-corrected chi connectivity index (χ2v) is 14.3. The molecule has 0 saturated carbocycles. The van der Waals surface area contributed by atoms with Gasteiger partial charge in [-0.3, -0.25) is 0 Å². The van der Waals surface area contributed by atoms with Gasteiger partial charge in [-0.25, -0.2) is 0 Å². The van der Waals surface area contributed by atoms with Gasteiger partial charge in [0, 0.05) is 32.8 Å². The average Bonchev–Trinajstić information content (AvgIpc) is 3.74. The van der Waals surface area contributed by atoms with Crippen LogP contribution in [0.3, 0.4) is 0 Å². The Hall–Kier alpha value is -6.90. The van der Waals surface area contributed by atoms with Gasteiger partial charge in [-0.2, -0.15) is 0 Å². The van der Waals surface area contributed by atoms with Crippen LogP contribution in [0.2, 0.25) is 0 Å². The monoisotopic (exact) mass is 690 g/mol. The van der Waals surface area contributed by atoms with Crippen molar-refractivity contribution in [2.24, 2.45) is 0 Å². The third-order valence-electron chi connectivity index (χ3n) is 11.0. The van der Waals surface area contributed by atoms with E-state index >= 15 is 0 Å². The lowest BCUT2D eigenvalue weighted by Gasteiger charge is -2.16. The molecule has 0 amide bonds. The van der Waals surface area contributed by atoms with Gasteiger partial charge in [0.05, 0.1) is 27.8 Å². The highest BCUT2D eigenvalue weighted by Gasteiger charge is 2.16. The smallest absolute Gasteiger partial charge is 0.0541 e. The maximum atomic E-state index is 2.42. The van der Waals surface area contributed by atoms with E-state index < -0.39 is 0 Å². The molecule has 2 nitrogen and oxygen atoms in total. The Kier molecular flexibility index (Phi) is 7.63. The summed E-state index contributed by atoms with van der Waals surface area (Å²) in [7, 11) is 0. The molecular formula is C52H38N2. The van der Waals surface area contributed by atoms with Gasteiger partial charge in [-0.05, 0) is 95.3 Å². The molecule has 0 N–H and O–H groups in total. The van der Waals surface area contributed by atoms with E-state index in [1.807, 2.05) is 0 Å². The molecule has 0 saturated heterocycles. The Morgan fingerprint density at radius 3 is 1.20 bits per heavy atom.